The summed E-state index contributed by atoms with van der Waals surface area (Å²) < 4.78 is 34.7. The Morgan fingerprint density at radius 3 is 0.977 bits per heavy atom. The Labute approximate surface area is 543 Å². The molecule has 506 valence electrons. The first-order chi connectivity index (χ1) is 43.0. The van der Waals surface area contributed by atoms with Crippen LogP contribution in [-0.2, 0) is 32.7 Å². The Morgan fingerprint density at radius 2 is 0.648 bits per heavy atom. The monoisotopic (exact) mass is 1250 g/mol. The first kappa shape index (κ1) is 84.4. The lowest BCUT2D eigenvalue weighted by molar-refractivity contribution is -0.870. The number of quaternary nitrogens is 1. The summed E-state index contributed by atoms with van der Waals surface area (Å²) in [5, 5.41) is 0. The van der Waals surface area contributed by atoms with Crippen LogP contribution in [0.25, 0.3) is 0 Å². The maximum Gasteiger partial charge on any atom is 0.472 e. The molecule has 0 bridgehead atoms. The number of phosphoric acid groups is 1. The summed E-state index contributed by atoms with van der Waals surface area (Å²) in [6.07, 6.45) is 97.3. The lowest BCUT2D eigenvalue weighted by Gasteiger charge is -2.24. The topological polar surface area (TPSA) is 108 Å². The van der Waals surface area contributed by atoms with Gasteiger partial charge in [-0.3, -0.25) is 18.6 Å². The quantitative estimate of drug-likeness (QED) is 0.0211. The van der Waals surface area contributed by atoms with Crippen LogP contribution in [0.4, 0.5) is 0 Å². The van der Waals surface area contributed by atoms with Crippen molar-refractivity contribution in [2.75, 3.05) is 47.5 Å². The van der Waals surface area contributed by atoms with E-state index in [0.29, 0.717) is 17.4 Å². The highest BCUT2D eigenvalue weighted by Crippen LogP contribution is 2.43. The van der Waals surface area contributed by atoms with E-state index in [1.165, 1.54) is 173 Å². The summed E-state index contributed by atoms with van der Waals surface area (Å²) in [5.74, 6) is -0.796. The van der Waals surface area contributed by atoms with Gasteiger partial charge in [0.2, 0.25) is 0 Å². The van der Waals surface area contributed by atoms with Crippen LogP contribution in [0.3, 0.4) is 0 Å². The zero-order chi connectivity index (χ0) is 64.1. The van der Waals surface area contributed by atoms with E-state index in [0.717, 1.165) is 103 Å². The molecule has 0 aromatic carbocycles. The molecule has 2 atom stereocenters. The zero-order valence-electron chi connectivity index (χ0n) is 57.7. The van der Waals surface area contributed by atoms with E-state index < -0.39 is 26.5 Å². The molecule has 10 heteroatoms. The third-order valence-electron chi connectivity index (χ3n) is 15.5. The molecular formula is C78H137NO8P+. The summed E-state index contributed by atoms with van der Waals surface area (Å²) in [4.78, 5) is 35.9. The van der Waals surface area contributed by atoms with Gasteiger partial charge in [0.05, 0.1) is 27.7 Å². The van der Waals surface area contributed by atoms with Gasteiger partial charge in [-0.25, -0.2) is 4.57 Å². The second-order valence-electron chi connectivity index (χ2n) is 25.2. The molecule has 0 spiro atoms. The molecule has 2 unspecified atom stereocenters. The van der Waals surface area contributed by atoms with Gasteiger partial charge in [-0.05, 0) is 109 Å². The molecule has 0 aliphatic carbocycles. The van der Waals surface area contributed by atoms with Crippen LogP contribution in [0.1, 0.15) is 309 Å². The number of likely N-dealkylation sites (N-methyl/N-ethyl adjacent to an activating group) is 1. The Bertz CT molecular complexity index is 1900. The van der Waals surface area contributed by atoms with Crippen molar-refractivity contribution >= 4 is 19.8 Å². The SMILES string of the molecule is CC/C=C\C/C=C\C/C=C\C/C=C\C/C=C\C/C=C\C/C=C\C/C=C\C/C=C\CCCCCCCCCCCCCC(=O)OC(COC(=O)CCCCCCCCCCCCCCC/C=C\CCCCCCCCCC)COP(=O)(O)OCC[N+](C)(C)C. The Morgan fingerprint density at radius 1 is 0.364 bits per heavy atom. The Hall–Kier alpha value is -3.59. The average Bonchev–Trinajstić information content (AvgIpc) is 3.68. The number of hydrogen-bond acceptors (Lipinski definition) is 7. The first-order valence-corrected chi connectivity index (χ1v) is 37.8. The van der Waals surface area contributed by atoms with Crippen LogP contribution in [0.5, 0.6) is 0 Å². The van der Waals surface area contributed by atoms with E-state index in [9.17, 15) is 19.0 Å². The van der Waals surface area contributed by atoms with E-state index in [4.69, 9.17) is 18.5 Å². The number of nitrogens with zero attached hydrogens (tertiary/aromatic N) is 1. The van der Waals surface area contributed by atoms with Crippen molar-refractivity contribution in [1.29, 1.82) is 0 Å². The summed E-state index contributed by atoms with van der Waals surface area (Å²) in [7, 11) is 1.47. The van der Waals surface area contributed by atoms with Crippen molar-refractivity contribution in [2.45, 2.75) is 315 Å². The fourth-order valence-corrected chi connectivity index (χ4v) is 10.7. The van der Waals surface area contributed by atoms with Crippen molar-refractivity contribution in [2.24, 2.45) is 0 Å². The summed E-state index contributed by atoms with van der Waals surface area (Å²) >= 11 is 0. The summed E-state index contributed by atoms with van der Waals surface area (Å²) in [6, 6.07) is 0. The maximum atomic E-state index is 12.9. The van der Waals surface area contributed by atoms with Crippen LogP contribution < -0.4 is 0 Å². The zero-order valence-corrected chi connectivity index (χ0v) is 58.6. The molecular weight excluding hydrogens is 1110 g/mol. The van der Waals surface area contributed by atoms with Gasteiger partial charge in [0.15, 0.2) is 6.10 Å². The number of rotatable bonds is 66. The van der Waals surface area contributed by atoms with E-state index in [2.05, 4.69) is 135 Å². The number of carbonyl (C=O) groups excluding carboxylic acids is 2. The van der Waals surface area contributed by atoms with E-state index >= 15 is 0 Å². The van der Waals surface area contributed by atoms with Gasteiger partial charge < -0.3 is 18.9 Å². The molecule has 0 aliphatic heterocycles. The molecule has 0 saturated carbocycles. The van der Waals surface area contributed by atoms with E-state index in [-0.39, 0.29) is 32.0 Å². The molecule has 0 heterocycles. The molecule has 0 aromatic rings. The maximum absolute atomic E-state index is 12.9. The van der Waals surface area contributed by atoms with Crippen molar-refractivity contribution < 1.29 is 42.1 Å². The van der Waals surface area contributed by atoms with Crippen molar-refractivity contribution in [3.8, 4) is 0 Å². The second-order valence-corrected chi connectivity index (χ2v) is 26.7. The lowest BCUT2D eigenvalue weighted by Crippen LogP contribution is -2.37. The van der Waals surface area contributed by atoms with Gasteiger partial charge in [0.1, 0.15) is 19.8 Å². The van der Waals surface area contributed by atoms with Crippen LogP contribution in [0, 0.1) is 0 Å². The third-order valence-corrected chi connectivity index (χ3v) is 16.5. The minimum Gasteiger partial charge on any atom is -0.462 e. The fourth-order valence-electron chi connectivity index (χ4n) is 9.95. The molecule has 0 fully saturated rings. The van der Waals surface area contributed by atoms with E-state index in [1.54, 1.807) is 0 Å². The Kier molecular flexibility index (Phi) is 65.0. The number of unbranched alkanes of at least 4 members (excludes halogenated alkanes) is 32. The fraction of sp³-hybridized carbons (Fsp3) is 0.718. The van der Waals surface area contributed by atoms with Crippen LogP contribution in [-0.4, -0.2) is 74.9 Å². The normalized spacial score (nSPS) is 13.8. The van der Waals surface area contributed by atoms with Crippen LogP contribution >= 0.6 is 7.82 Å². The smallest absolute Gasteiger partial charge is 0.462 e. The number of allylic oxidation sites excluding steroid dienone is 20. The van der Waals surface area contributed by atoms with Crippen LogP contribution in [0.15, 0.2) is 122 Å². The average molecular weight is 1250 g/mol. The number of phosphoric ester groups is 1. The molecule has 0 rings (SSSR count). The lowest BCUT2D eigenvalue weighted by atomic mass is 10.0. The largest absolute Gasteiger partial charge is 0.472 e. The minimum atomic E-state index is -4.40. The first-order valence-electron chi connectivity index (χ1n) is 36.3. The standard InChI is InChI=1S/C78H136NO8P/c1-6-8-10-12-14-16-18-20-22-24-26-28-30-32-33-34-35-36-37-38-39-40-41-42-43-44-45-47-49-51-53-55-57-59-61-63-65-67-69-71-78(81)87-76(75-86-88(82,83)85-73-72-79(3,4)5)74-84-77(80)70-68-66-64-62-60-58-56-54-52-50-48-46-31-29-27-25-23-21-19-17-15-13-11-9-7-2/h8,10,14,16,20,22,25-28,32-33,35-36,38-39,41-42,44-45,76H,6-7,9,11-13,15,17-19,21,23-24,29-31,34,37,40,43,46-75H2,1-5H3/p+1/b10-8-,16-14-,22-20-,27-25-,28-26-,33-32-,36-35-,39-38-,42-41-,45-44-. The van der Waals surface area contributed by atoms with Crippen molar-refractivity contribution in [1.82, 2.24) is 0 Å². The molecule has 0 aromatic heterocycles. The predicted octanol–water partition coefficient (Wildman–Crippen LogP) is 23.8. The number of hydrogen-bond donors (Lipinski definition) is 1. The molecule has 0 saturated heterocycles. The van der Waals surface area contributed by atoms with Gasteiger partial charge in [0.25, 0.3) is 0 Å². The third kappa shape index (κ3) is 71.5. The van der Waals surface area contributed by atoms with Gasteiger partial charge in [-0.15, -0.1) is 0 Å². The van der Waals surface area contributed by atoms with Gasteiger partial charge in [0, 0.05) is 12.8 Å². The van der Waals surface area contributed by atoms with Gasteiger partial charge >= 0.3 is 19.8 Å². The number of ether oxygens (including phenoxy) is 2. The van der Waals surface area contributed by atoms with Crippen LogP contribution in [0.2, 0.25) is 0 Å². The summed E-state index contributed by atoms with van der Waals surface area (Å²) in [6.45, 7) is 4.34. The molecule has 0 aliphatic rings. The van der Waals surface area contributed by atoms with Crippen molar-refractivity contribution in [3.63, 3.8) is 0 Å². The molecule has 88 heavy (non-hydrogen) atoms. The Balaban J connectivity index is 4.06. The summed E-state index contributed by atoms with van der Waals surface area (Å²) in [5.41, 5.74) is 0. The second kappa shape index (κ2) is 67.8. The number of esters is 2. The highest BCUT2D eigenvalue weighted by Gasteiger charge is 2.27. The molecule has 9 nitrogen and oxygen atoms in total. The highest BCUT2D eigenvalue weighted by atomic mass is 31.2. The molecule has 1 N–H and O–H groups in total. The van der Waals surface area contributed by atoms with Gasteiger partial charge in [-0.2, -0.15) is 0 Å². The molecule has 0 amide bonds. The van der Waals surface area contributed by atoms with E-state index in [1.807, 2.05) is 21.1 Å². The van der Waals surface area contributed by atoms with Crippen molar-refractivity contribution in [3.05, 3.63) is 122 Å². The number of carbonyl (C=O) groups is 2. The minimum absolute atomic E-state index is 0.0274. The predicted molar refractivity (Wildman–Crippen MR) is 381 cm³/mol. The highest BCUT2D eigenvalue weighted by molar-refractivity contribution is 7.47. The molecule has 0 radical (unpaired) electrons. The van der Waals surface area contributed by atoms with Gasteiger partial charge in [-0.1, -0.05) is 309 Å².